The smallest absolute Gasteiger partial charge is 0.139 e. The van der Waals surface area contributed by atoms with Gasteiger partial charge in [-0.3, -0.25) is 0 Å². The largest absolute Gasteiger partial charge is 0.488 e. The van der Waals surface area contributed by atoms with Crippen molar-refractivity contribution in [1.29, 1.82) is 0 Å². The van der Waals surface area contributed by atoms with Crippen molar-refractivity contribution in [3.05, 3.63) is 27.7 Å². The van der Waals surface area contributed by atoms with E-state index in [0.29, 0.717) is 5.02 Å². The standard InChI is InChI=1S/C14H21BrClNO/c1-3-4-5-8-17-10-11(2)18-14-9-12(15)6-7-13(14)16/h6-7,9,11,17H,3-5,8,10H2,1-2H3. The highest BCUT2D eigenvalue weighted by Crippen LogP contribution is 2.28. The molecule has 0 radical (unpaired) electrons. The summed E-state index contributed by atoms with van der Waals surface area (Å²) in [6.07, 6.45) is 3.86. The van der Waals surface area contributed by atoms with Crippen LogP contribution in [-0.2, 0) is 0 Å². The van der Waals surface area contributed by atoms with Crippen LogP contribution in [0.1, 0.15) is 33.1 Å². The Balaban J connectivity index is 2.30. The summed E-state index contributed by atoms with van der Waals surface area (Å²) in [6.45, 7) is 6.14. The highest BCUT2D eigenvalue weighted by Gasteiger charge is 2.07. The molecule has 1 aromatic rings. The topological polar surface area (TPSA) is 21.3 Å². The molecule has 18 heavy (non-hydrogen) atoms. The minimum atomic E-state index is 0.110. The van der Waals surface area contributed by atoms with E-state index in [4.69, 9.17) is 16.3 Å². The van der Waals surface area contributed by atoms with Crippen LogP contribution in [0.5, 0.6) is 5.75 Å². The van der Waals surface area contributed by atoms with Gasteiger partial charge in [0.25, 0.3) is 0 Å². The summed E-state index contributed by atoms with van der Waals surface area (Å²) in [5.41, 5.74) is 0. The molecule has 0 saturated carbocycles. The number of hydrogen-bond acceptors (Lipinski definition) is 2. The molecule has 1 N–H and O–H groups in total. The maximum atomic E-state index is 6.08. The Hall–Kier alpha value is -0.250. The van der Waals surface area contributed by atoms with Crippen LogP contribution >= 0.6 is 27.5 Å². The van der Waals surface area contributed by atoms with Crippen molar-refractivity contribution < 1.29 is 4.74 Å². The first-order valence-electron chi connectivity index (χ1n) is 6.46. The number of halogens is 2. The fourth-order valence-electron chi connectivity index (χ4n) is 1.63. The van der Waals surface area contributed by atoms with Crippen LogP contribution < -0.4 is 10.1 Å². The molecule has 1 aromatic carbocycles. The average molecular weight is 335 g/mol. The van der Waals surface area contributed by atoms with E-state index in [2.05, 4.69) is 28.2 Å². The highest BCUT2D eigenvalue weighted by atomic mass is 79.9. The van der Waals surface area contributed by atoms with E-state index in [-0.39, 0.29) is 6.10 Å². The lowest BCUT2D eigenvalue weighted by molar-refractivity contribution is 0.217. The Morgan fingerprint density at radius 2 is 2.17 bits per heavy atom. The molecule has 0 saturated heterocycles. The molecule has 1 rings (SSSR count). The predicted molar refractivity (Wildman–Crippen MR) is 81.6 cm³/mol. The number of ether oxygens (including phenoxy) is 1. The van der Waals surface area contributed by atoms with Gasteiger partial charge in [0.1, 0.15) is 11.9 Å². The van der Waals surface area contributed by atoms with Gasteiger partial charge in [0.05, 0.1) is 5.02 Å². The van der Waals surface area contributed by atoms with E-state index in [1.807, 2.05) is 25.1 Å². The summed E-state index contributed by atoms with van der Waals surface area (Å²) in [6, 6.07) is 5.64. The van der Waals surface area contributed by atoms with E-state index < -0.39 is 0 Å². The molecule has 2 nitrogen and oxygen atoms in total. The van der Waals surface area contributed by atoms with Crippen molar-refractivity contribution in [2.24, 2.45) is 0 Å². The summed E-state index contributed by atoms with van der Waals surface area (Å²) in [5, 5.41) is 4.04. The Morgan fingerprint density at radius 3 is 2.89 bits per heavy atom. The zero-order valence-corrected chi connectivity index (χ0v) is 13.4. The molecule has 4 heteroatoms. The third kappa shape index (κ3) is 6.07. The van der Waals surface area contributed by atoms with Gasteiger partial charge in [-0.25, -0.2) is 0 Å². The molecule has 1 unspecified atom stereocenters. The minimum absolute atomic E-state index is 0.110. The van der Waals surface area contributed by atoms with Crippen LogP contribution in [0.2, 0.25) is 5.02 Å². The van der Waals surface area contributed by atoms with Gasteiger partial charge in [-0.05, 0) is 38.1 Å². The zero-order chi connectivity index (χ0) is 13.4. The average Bonchev–Trinajstić information content (AvgIpc) is 2.33. The number of benzene rings is 1. The quantitative estimate of drug-likeness (QED) is 0.699. The molecule has 0 spiro atoms. The van der Waals surface area contributed by atoms with Gasteiger partial charge < -0.3 is 10.1 Å². The van der Waals surface area contributed by atoms with E-state index in [1.54, 1.807) is 0 Å². The molecule has 102 valence electrons. The summed E-state index contributed by atoms with van der Waals surface area (Å²) >= 11 is 9.49. The second-order valence-electron chi connectivity index (χ2n) is 4.41. The normalized spacial score (nSPS) is 12.4. The molecule has 0 fully saturated rings. The van der Waals surface area contributed by atoms with E-state index in [0.717, 1.165) is 23.3 Å². The molecule has 0 heterocycles. The molecular weight excluding hydrogens is 314 g/mol. The molecule has 0 aliphatic heterocycles. The van der Waals surface area contributed by atoms with Gasteiger partial charge in [-0.2, -0.15) is 0 Å². The Morgan fingerprint density at radius 1 is 1.39 bits per heavy atom. The van der Waals surface area contributed by atoms with E-state index in [1.165, 1.54) is 19.3 Å². The lowest BCUT2D eigenvalue weighted by Crippen LogP contribution is -2.29. The fraction of sp³-hybridized carbons (Fsp3) is 0.571. The van der Waals surface area contributed by atoms with Gasteiger partial charge in [-0.15, -0.1) is 0 Å². The van der Waals surface area contributed by atoms with Crippen LogP contribution in [0.25, 0.3) is 0 Å². The van der Waals surface area contributed by atoms with E-state index >= 15 is 0 Å². The van der Waals surface area contributed by atoms with E-state index in [9.17, 15) is 0 Å². The molecular formula is C14H21BrClNO. The molecule has 1 atom stereocenters. The summed E-state index contributed by atoms with van der Waals surface area (Å²) in [5.74, 6) is 0.730. The number of unbranched alkanes of at least 4 members (excludes halogenated alkanes) is 2. The fourth-order valence-corrected chi connectivity index (χ4v) is 2.13. The van der Waals surface area contributed by atoms with Crippen LogP contribution in [0, 0.1) is 0 Å². The third-order valence-corrected chi connectivity index (χ3v) is 3.42. The second-order valence-corrected chi connectivity index (χ2v) is 5.74. The van der Waals surface area contributed by atoms with Crippen molar-refractivity contribution in [2.45, 2.75) is 39.2 Å². The van der Waals surface area contributed by atoms with Crippen molar-refractivity contribution in [3.63, 3.8) is 0 Å². The van der Waals surface area contributed by atoms with Gasteiger partial charge in [0.2, 0.25) is 0 Å². The van der Waals surface area contributed by atoms with Gasteiger partial charge in [-0.1, -0.05) is 47.3 Å². The summed E-state index contributed by atoms with van der Waals surface area (Å²) in [4.78, 5) is 0. The predicted octanol–water partition coefficient (Wildman–Crippen LogP) is 4.65. The molecule has 0 bridgehead atoms. The second kappa shape index (κ2) is 8.78. The Labute approximate surface area is 123 Å². The molecule has 0 aliphatic rings. The van der Waals surface area contributed by atoms with Crippen LogP contribution in [0.4, 0.5) is 0 Å². The Kier molecular flexibility index (Phi) is 7.71. The summed E-state index contributed by atoms with van der Waals surface area (Å²) in [7, 11) is 0. The van der Waals surface area contributed by atoms with Crippen molar-refractivity contribution in [2.75, 3.05) is 13.1 Å². The van der Waals surface area contributed by atoms with Gasteiger partial charge >= 0.3 is 0 Å². The Bertz CT molecular complexity index is 360. The third-order valence-electron chi connectivity index (χ3n) is 2.61. The maximum absolute atomic E-state index is 6.08. The monoisotopic (exact) mass is 333 g/mol. The molecule has 0 aliphatic carbocycles. The SMILES string of the molecule is CCCCCNCC(C)Oc1cc(Br)ccc1Cl. The lowest BCUT2D eigenvalue weighted by atomic mass is 10.2. The van der Waals surface area contributed by atoms with Crippen molar-refractivity contribution in [1.82, 2.24) is 5.32 Å². The van der Waals surface area contributed by atoms with Crippen LogP contribution in [0.15, 0.2) is 22.7 Å². The lowest BCUT2D eigenvalue weighted by Gasteiger charge is -2.16. The number of hydrogen-bond donors (Lipinski definition) is 1. The molecule has 0 aromatic heterocycles. The maximum Gasteiger partial charge on any atom is 0.139 e. The summed E-state index contributed by atoms with van der Waals surface area (Å²) < 4.78 is 6.78. The van der Waals surface area contributed by atoms with Crippen molar-refractivity contribution >= 4 is 27.5 Å². The zero-order valence-electron chi connectivity index (χ0n) is 11.0. The first-order valence-corrected chi connectivity index (χ1v) is 7.63. The molecule has 0 amide bonds. The highest BCUT2D eigenvalue weighted by molar-refractivity contribution is 9.10. The first-order chi connectivity index (χ1) is 8.63. The van der Waals surface area contributed by atoms with Gasteiger partial charge in [0.15, 0.2) is 0 Å². The van der Waals surface area contributed by atoms with Crippen LogP contribution in [0.3, 0.4) is 0 Å². The number of rotatable bonds is 8. The van der Waals surface area contributed by atoms with Crippen LogP contribution in [-0.4, -0.2) is 19.2 Å². The number of nitrogens with one attached hydrogen (secondary N) is 1. The minimum Gasteiger partial charge on any atom is -0.488 e. The first kappa shape index (κ1) is 15.8. The van der Waals surface area contributed by atoms with Crippen molar-refractivity contribution in [3.8, 4) is 5.75 Å². The van der Waals surface area contributed by atoms with Gasteiger partial charge in [0, 0.05) is 11.0 Å².